The van der Waals surface area contributed by atoms with Gasteiger partial charge in [-0.05, 0) is 37.5 Å². The maximum Gasteiger partial charge on any atom is 0.128 e. The molecular weight excluding hydrogens is 228 g/mol. The molecule has 0 saturated carbocycles. The summed E-state index contributed by atoms with van der Waals surface area (Å²) in [6, 6.07) is 3.86. The summed E-state index contributed by atoms with van der Waals surface area (Å²) in [4.78, 5) is 6.60. The number of aryl methyl sites for hydroxylation is 1. The van der Waals surface area contributed by atoms with Crippen LogP contribution >= 0.6 is 0 Å². The first-order valence-corrected chi connectivity index (χ1v) is 6.56. The van der Waals surface area contributed by atoms with Crippen LogP contribution in [0.15, 0.2) is 12.1 Å². The first-order valence-electron chi connectivity index (χ1n) is 6.56. The molecule has 0 fully saturated rings. The Morgan fingerprint density at radius 2 is 2.11 bits per heavy atom. The summed E-state index contributed by atoms with van der Waals surface area (Å²) < 4.78 is 0. The molecule has 0 bridgehead atoms. The van der Waals surface area contributed by atoms with Crippen molar-refractivity contribution in [3.05, 3.63) is 23.4 Å². The Morgan fingerprint density at radius 1 is 1.39 bits per heavy atom. The van der Waals surface area contributed by atoms with Gasteiger partial charge in [-0.2, -0.15) is 0 Å². The Kier molecular flexibility index (Phi) is 6.09. The minimum atomic E-state index is -0.302. The minimum Gasteiger partial charge on any atom is -0.393 e. The third-order valence-electron chi connectivity index (χ3n) is 2.89. The highest BCUT2D eigenvalue weighted by Gasteiger charge is 2.07. The van der Waals surface area contributed by atoms with E-state index in [0.717, 1.165) is 36.5 Å². The molecule has 1 rings (SSSR count). The summed E-state index contributed by atoms with van der Waals surface area (Å²) in [5.74, 6) is 0.866. The van der Waals surface area contributed by atoms with Gasteiger partial charge < -0.3 is 15.1 Å². The number of nitrogens with zero attached hydrogens (tertiary/aromatic N) is 2. The van der Waals surface area contributed by atoms with E-state index in [-0.39, 0.29) is 12.7 Å². The van der Waals surface area contributed by atoms with Gasteiger partial charge in [0.1, 0.15) is 5.82 Å². The molecule has 0 amide bonds. The van der Waals surface area contributed by atoms with Gasteiger partial charge >= 0.3 is 0 Å². The van der Waals surface area contributed by atoms with Gasteiger partial charge in [0.2, 0.25) is 0 Å². The second kappa shape index (κ2) is 7.34. The Labute approximate surface area is 109 Å². The van der Waals surface area contributed by atoms with E-state index in [0.29, 0.717) is 6.42 Å². The zero-order valence-corrected chi connectivity index (χ0v) is 11.6. The van der Waals surface area contributed by atoms with Crippen LogP contribution < -0.4 is 4.90 Å². The number of rotatable bonds is 7. The topological polar surface area (TPSA) is 56.6 Å². The molecule has 1 aromatic heterocycles. The molecule has 1 atom stereocenters. The lowest BCUT2D eigenvalue weighted by Crippen LogP contribution is -2.23. The molecule has 18 heavy (non-hydrogen) atoms. The van der Waals surface area contributed by atoms with Gasteiger partial charge in [0, 0.05) is 19.3 Å². The van der Waals surface area contributed by atoms with Crippen molar-refractivity contribution in [3.63, 3.8) is 0 Å². The third-order valence-corrected chi connectivity index (χ3v) is 2.89. The molecule has 0 aliphatic rings. The Morgan fingerprint density at radius 3 is 2.67 bits per heavy atom. The molecule has 0 aliphatic heterocycles. The van der Waals surface area contributed by atoms with Crippen LogP contribution in [0.2, 0.25) is 0 Å². The minimum absolute atomic E-state index is 0.0382. The number of aliphatic hydroxyl groups is 2. The van der Waals surface area contributed by atoms with Gasteiger partial charge in [-0.25, -0.2) is 4.98 Å². The van der Waals surface area contributed by atoms with Crippen LogP contribution in [0, 0.1) is 0 Å². The summed E-state index contributed by atoms with van der Waals surface area (Å²) in [7, 11) is 1.96. The van der Waals surface area contributed by atoms with Gasteiger partial charge in [0.15, 0.2) is 0 Å². The standard InChI is InChI=1S/C14H24N2O2/c1-4-5-13-8-12(10-17)9-14(15-13)16(3)7-6-11(2)18/h8-9,11,17-18H,4-7,10H2,1-3H3. The molecule has 4 heteroatoms. The van der Waals surface area contributed by atoms with Crippen molar-refractivity contribution in [3.8, 4) is 0 Å². The molecule has 0 radical (unpaired) electrons. The molecule has 0 saturated heterocycles. The monoisotopic (exact) mass is 252 g/mol. The SMILES string of the molecule is CCCc1cc(CO)cc(N(C)CCC(C)O)n1. The van der Waals surface area contributed by atoms with E-state index in [1.165, 1.54) is 0 Å². The fourth-order valence-electron chi connectivity index (χ4n) is 1.80. The second-order valence-electron chi connectivity index (χ2n) is 4.79. The largest absolute Gasteiger partial charge is 0.393 e. The van der Waals surface area contributed by atoms with Gasteiger partial charge in [-0.1, -0.05) is 13.3 Å². The quantitative estimate of drug-likeness (QED) is 0.776. The molecule has 1 heterocycles. The summed E-state index contributed by atoms with van der Waals surface area (Å²) in [5.41, 5.74) is 1.91. The number of hydrogen-bond acceptors (Lipinski definition) is 4. The summed E-state index contributed by atoms with van der Waals surface area (Å²) in [5, 5.41) is 18.6. The van der Waals surface area contributed by atoms with Crippen LogP contribution in [0.3, 0.4) is 0 Å². The lowest BCUT2D eigenvalue weighted by atomic mass is 10.1. The highest BCUT2D eigenvalue weighted by molar-refractivity contribution is 5.41. The molecular formula is C14H24N2O2. The molecule has 0 aliphatic carbocycles. The van der Waals surface area contributed by atoms with Gasteiger partial charge in [-0.15, -0.1) is 0 Å². The molecule has 1 aromatic rings. The normalized spacial score (nSPS) is 12.5. The number of aliphatic hydroxyl groups excluding tert-OH is 2. The van der Waals surface area contributed by atoms with Crippen molar-refractivity contribution in [2.45, 2.75) is 45.8 Å². The van der Waals surface area contributed by atoms with E-state index in [4.69, 9.17) is 0 Å². The van der Waals surface area contributed by atoms with Gasteiger partial charge in [0.25, 0.3) is 0 Å². The van der Waals surface area contributed by atoms with E-state index in [1.807, 2.05) is 24.1 Å². The molecule has 1 unspecified atom stereocenters. The fourth-order valence-corrected chi connectivity index (χ4v) is 1.80. The number of pyridine rings is 1. The van der Waals surface area contributed by atoms with Crippen molar-refractivity contribution in [1.29, 1.82) is 0 Å². The van der Waals surface area contributed by atoms with Crippen molar-refractivity contribution < 1.29 is 10.2 Å². The van der Waals surface area contributed by atoms with Gasteiger partial charge in [0.05, 0.1) is 12.7 Å². The maximum absolute atomic E-state index is 9.30. The maximum atomic E-state index is 9.30. The zero-order valence-electron chi connectivity index (χ0n) is 11.6. The average molecular weight is 252 g/mol. The van der Waals surface area contributed by atoms with Crippen LogP contribution in [-0.2, 0) is 13.0 Å². The zero-order chi connectivity index (χ0) is 13.5. The third kappa shape index (κ3) is 4.63. The Bertz CT molecular complexity index is 367. The first kappa shape index (κ1) is 14.9. The predicted molar refractivity (Wildman–Crippen MR) is 73.7 cm³/mol. The fraction of sp³-hybridized carbons (Fsp3) is 0.643. The van der Waals surface area contributed by atoms with Crippen molar-refractivity contribution in [2.24, 2.45) is 0 Å². The van der Waals surface area contributed by atoms with Crippen LogP contribution in [0.5, 0.6) is 0 Å². The average Bonchev–Trinajstić information content (AvgIpc) is 2.35. The van der Waals surface area contributed by atoms with E-state index in [9.17, 15) is 10.2 Å². The second-order valence-corrected chi connectivity index (χ2v) is 4.79. The molecule has 4 nitrogen and oxygen atoms in total. The highest BCUT2D eigenvalue weighted by atomic mass is 16.3. The van der Waals surface area contributed by atoms with Gasteiger partial charge in [-0.3, -0.25) is 0 Å². The number of aromatic nitrogens is 1. The predicted octanol–water partition coefficient (Wildman–Crippen LogP) is 1.73. The molecule has 2 N–H and O–H groups in total. The van der Waals surface area contributed by atoms with Crippen LogP contribution in [0.4, 0.5) is 5.82 Å². The van der Waals surface area contributed by atoms with E-state index in [2.05, 4.69) is 11.9 Å². The Balaban J connectivity index is 2.82. The van der Waals surface area contributed by atoms with Crippen molar-refractivity contribution >= 4 is 5.82 Å². The lowest BCUT2D eigenvalue weighted by Gasteiger charge is -2.20. The van der Waals surface area contributed by atoms with E-state index < -0.39 is 0 Å². The summed E-state index contributed by atoms with van der Waals surface area (Å²) >= 11 is 0. The smallest absolute Gasteiger partial charge is 0.128 e. The molecule has 102 valence electrons. The summed E-state index contributed by atoms with van der Waals surface area (Å²) in [6.07, 6.45) is 2.37. The molecule has 0 aromatic carbocycles. The highest BCUT2D eigenvalue weighted by Crippen LogP contribution is 2.16. The van der Waals surface area contributed by atoms with E-state index >= 15 is 0 Å². The lowest BCUT2D eigenvalue weighted by molar-refractivity contribution is 0.187. The number of anilines is 1. The number of hydrogen-bond donors (Lipinski definition) is 2. The Hall–Kier alpha value is -1.13. The summed E-state index contributed by atoms with van der Waals surface area (Å²) in [6.45, 7) is 4.69. The van der Waals surface area contributed by atoms with Crippen LogP contribution in [0.1, 0.15) is 37.9 Å². The van der Waals surface area contributed by atoms with Crippen LogP contribution in [-0.4, -0.2) is 34.9 Å². The first-order chi connectivity index (χ1) is 8.56. The van der Waals surface area contributed by atoms with Crippen molar-refractivity contribution in [1.82, 2.24) is 4.98 Å². The van der Waals surface area contributed by atoms with Crippen LogP contribution in [0.25, 0.3) is 0 Å². The van der Waals surface area contributed by atoms with E-state index in [1.54, 1.807) is 6.92 Å². The molecule has 0 spiro atoms. The van der Waals surface area contributed by atoms with Crippen molar-refractivity contribution in [2.75, 3.05) is 18.5 Å².